The zero-order chi connectivity index (χ0) is 12.5. The number of rotatable bonds is 5. The fourth-order valence-electron chi connectivity index (χ4n) is 2.65. The summed E-state index contributed by atoms with van der Waals surface area (Å²) in [5.74, 6) is 1.74. The minimum absolute atomic E-state index is 0.844. The SMILES string of the molecule is Cc1cccc(C#N)c1N(CC1CC1)CC1CC1. The van der Waals surface area contributed by atoms with E-state index in [1.807, 2.05) is 12.1 Å². The van der Waals surface area contributed by atoms with Crippen LogP contribution in [-0.4, -0.2) is 13.1 Å². The summed E-state index contributed by atoms with van der Waals surface area (Å²) < 4.78 is 0. The molecule has 1 aromatic rings. The molecule has 0 spiro atoms. The molecule has 2 fully saturated rings. The van der Waals surface area contributed by atoms with Gasteiger partial charge in [-0.3, -0.25) is 0 Å². The molecular weight excluding hydrogens is 220 g/mol. The largest absolute Gasteiger partial charge is 0.370 e. The number of nitriles is 1. The zero-order valence-electron chi connectivity index (χ0n) is 11.0. The molecule has 0 aromatic heterocycles. The molecule has 0 amide bonds. The molecule has 0 aliphatic heterocycles. The normalized spacial score (nSPS) is 18.4. The average Bonchev–Trinajstić information content (AvgIpc) is 3.23. The van der Waals surface area contributed by atoms with E-state index in [4.69, 9.17) is 0 Å². The van der Waals surface area contributed by atoms with Crippen LogP contribution >= 0.6 is 0 Å². The monoisotopic (exact) mass is 240 g/mol. The van der Waals surface area contributed by atoms with Crippen molar-refractivity contribution in [2.24, 2.45) is 11.8 Å². The molecule has 1 aromatic carbocycles. The molecule has 3 rings (SSSR count). The number of aryl methyl sites for hydroxylation is 1. The molecule has 2 aliphatic carbocycles. The molecule has 0 bridgehead atoms. The Morgan fingerprint density at radius 1 is 1.17 bits per heavy atom. The molecular formula is C16H20N2. The predicted octanol–water partition coefficient (Wildman–Crippen LogP) is 3.49. The molecule has 0 heterocycles. The van der Waals surface area contributed by atoms with Crippen molar-refractivity contribution in [3.05, 3.63) is 29.3 Å². The van der Waals surface area contributed by atoms with Crippen LogP contribution in [0.4, 0.5) is 5.69 Å². The summed E-state index contributed by atoms with van der Waals surface area (Å²) in [4.78, 5) is 2.49. The molecule has 2 aliphatic rings. The van der Waals surface area contributed by atoms with Gasteiger partial charge >= 0.3 is 0 Å². The van der Waals surface area contributed by atoms with E-state index in [1.165, 1.54) is 36.9 Å². The van der Waals surface area contributed by atoms with E-state index in [1.54, 1.807) is 0 Å². The number of hydrogen-bond acceptors (Lipinski definition) is 2. The molecule has 18 heavy (non-hydrogen) atoms. The quantitative estimate of drug-likeness (QED) is 0.787. The Bertz CT molecular complexity index is 464. The molecule has 0 atom stereocenters. The third kappa shape index (κ3) is 2.51. The maximum atomic E-state index is 9.31. The van der Waals surface area contributed by atoms with Gasteiger partial charge in [0, 0.05) is 13.1 Å². The van der Waals surface area contributed by atoms with Crippen molar-refractivity contribution in [3.8, 4) is 6.07 Å². The molecule has 0 unspecified atom stereocenters. The minimum Gasteiger partial charge on any atom is -0.370 e. The Morgan fingerprint density at radius 2 is 1.78 bits per heavy atom. The van der Waals surface area contributed by atoms with Crippen molar-refractivity contribution in [3.63, 3.8) is 0 Å². The summed E-state index contributed by atoms with van der Waals surface area (Å²) >= 11 is 0. The second-order valence-electron chi connectivity index (χ2n) is 5.87. The Morgan fingerprint density at radius 3 is 2.28 bits per heavy atom. The summed E-state index contributed by atoms with van der Waals surface area (Å²) in [6, 6.07) is 8.43. The van der Waals surface area contributed by atoms with Crippen LogP contribution in [0.25, 0.3) is 0 Å². The predicted molar refractivity (Wildman–Crippen MR) is 73.6 cm³/mol. The third-order valence-electron chi connectivity index (χ3n) is 4.03. The number of hydrogen-bond donors (Lipinski definition) is 0. The maximum absolute atomic E-state index is 9.31. The Kier molecular flexibility index (Phi) is 2.99. The average molecular weight is 240 g/mol. The summed E-state index contributed by atoms with van der Waals surface area (Å²) in [6.45, 7) is 4.43. The van der Waals surface area contributed by atoms with Crippen molar-refractivity contribution in [1.82, 2.24) is 0 Å². The lowest BCUT2D eigenvalue weighted by Crippen LogP contribution is -2.29. The van der Waals surface area contributed by atoms with Crippen LogP contribution in [-0.2, 0) is 0 Å². The van der Waals surface area contributed by atoms with E-state index >= 15 is 0 Å². The van der Waals surface area contributed by atoms with Crippen LogP contribution in [0, 0.1) is 30.1 Å². The highest BCUT2D eigenvalue weighted by molar-refractivity contribution is 5.64. The Labute approximate surface area is 109 Å². The van der Waals surface area contributed by atoms with Gasteiger partial charge in [-0.25, -0.2) is 0 Å². The van der Waals surface area contributed by atoms with Gasteiger partial charge in [-0.05, 0) is 56.1 Å². The molecule has 0 radical (unpaired) electrons. The number of anilines is 1. The number of nitrogens with zero attached hydrogens (tertiary/aromatic N) is 2. The summed E-state index contributed by atoms with van der Waals surface area (Å²) in [7, 11) is 0. The molecule has 2 heteroatoms. The Hall–Kier alpha value is -1.49. The highest BCUT2D eigenvalue weighted by Crippen LogP contribution is 2.37. The molecule has 0 saturated heterocycles. The van der Waals surface area contributed by atoms with Gasteiger partial charge in [-0.15, -0.1) is 0 Å². The second kappa shape index (κ2) is 4.65. The summed E-state index contributed by atoms with van der Waals surface area (Å²) in [5, 5.41) is 9.31. The molecule has 2 saturated carbocycles. The van der Waals surface area contributed by atoms with Crippen molar-refractivity contribution in [2.45, 2.75) is 32.6 Å². The van der Waals surface area contributed by atoms with Crippen molar-refractivity contribution in [2.75, 3.05) is 18.0 Å². The van der Waals surface area contributed by atoms with Crippen LogP contribution < -0.4 is 4.90 Å². The second-order valence-corrected chi connectivity index (χ2v) is 5.87. The fraction of sp³-hybridized carbons (Fsp3) is 0.562. The smallest absolute Gasteiger partial charge is 0.101 e. The third-order valence-corrected chi connectivity index (χ3v) is 4.03. The molecule has 0 N–H and O–H groups in total. The first kappa shape index (κ1) is 11.6. The van der Waals surface area contributed by atoms with E-state index < -0.39 is 0 Å². The lowest BCUT2D eigenvalue weighted by molar-refractivity contribution is 0.677. The standard InChI is InChI=1S/C16H20N2/c1-12-3-2-4-15(9-17)16(12)18(10-13-5-6-13)11-14-7-8-14/h2-4,13-14H,5-8,10-11H2,1H3. The van der Waals surface area contributed by atoms with Crippen LogP contribution in [0.1, 0.15) is 36.8 Å². The van der Waals surface area contributed by atoms with Crippen molar-refractivity contribution >= 4 is 5.69 Å². The van der Waals surface area contributed by atoms with Gasteiger partial charge in [0.05, 0.1) is 11.3 Å². The van der Waals surface area contributed by atoms with Crippen LogP contribution in [0.2, 0.25) is 0 Å². The maximum Gasteiger partial charge on any atom is 0.101 e. The Balaban J connectivity index is 1.89. The van der Waals surface area contributed by atoms with Crippen LogP contribution in [0.5, 0.6) is 0 Å². The summed E-state index contributed by atoms with van der Waals surface area (Å²) in [5.41, 5.74) is 3.28. The van der Waals surface area contributed by atoms with Crippen LogP contribution in [0.3, 0.4) is 0 Å². The molecule has 94 valence electrons. The van der Waals surface area contributed by atoms with Crippen molar-refractivity contribution < 1.29 is 0 Å². The highest BCUT2D eigenvalue weighted by atomic mass is 15.1. The lowest BCUT2D eigenvalue weighted by Gasteiger charge is -2.27. The van der Waals surface area contributed by atoms with E-state index in [9.17, 15) is 5.26 Å². The van der Waals surface area contributed by atoms with Gasteiger partial charge in [-0.1, -0.05) is 12.1 Å². The number of para-hydroxylation sites is 1. The number of benzene rings is 1. The summed E-state index contributed by atoms with van der Waals surface area (Å²) in [6.07, 6.45) is 5.48. The van der Waals surface area contributed by atoms with Gasteiger partial charge in [0.2, 0.25) is 0 Å². The van der Waals surface area contributed by atoms with Gasteiger partial charge in [0.25, 0.3) is 0 Å². The highest BCUT2D eigenvalue weighted by Gasteiger charge is 2.30. The fourth-order valence-corrected chi connectivity index (χ4v) is 2.65. The van der Waals surface area contributed by atoms with E-state index in [0.717, 1.165) is 30.5 Å². The minimum atomic E-state index is 0.844. The van der Waals surface area contributed by atoms with Gasteiger partial charge in [0.1, 0.15) is 6.07 Å². The van der Waals surface area contributed by atoms with Crippen LogP contribution in [0.15, 0.2) is 18.2 Å². The topological polar surface area (TPSA) is 27.0 Å². The van der Waals surface area contributed by atoms with E-state index in [0.29, 0.717) is 0 Å². The van der Waals surface area contributed by atoms with Gasteiger partial charge in [0.15, 0.2) is 0 Å². The first-order valence-corrected chi connectivity index (χ1v) is 7.02. The van der Waals surface area contributed by atoms with E-state index in [-0.39, 0.29) is 0 Å². The molecule has 2 nitrogen and oxygen atoms in total. The van der Waals surface area contributed by atoms with Gasteiger partial charge < -0.3 is 4.90 Å². The van der Waals surface area contributed by atoms with E-state index in [2.05, 4.69) is 24.0 Å². The van der Waals surface area contributed by atoms with Crippen molar-refractivity contribution in [1.29, 1.82) is 5.26 Å². The lowest BCUT2D eigenvalue weighted by atomic mass is 10.1. The first-order chi connectivity index (χ1) is 8.78. The first-order valence-electron chi connectivity index (χ1n) is 7.02. The zero-order valence-corrected chi connectivity index (χ0v) is 11.0. The van der Waals surface area contributed by atoms with Gasteiger partial charge in [-0.2, -0.15) is 5.26 Å².